The largest absolute Gasteiger partial charge is 0.478 e. The van der Waals surface area contributed by atoms with E-state index in [1.807, 2.05) is 42.5 Å². The molecule has 1 fully saturated rings. The molecule has 2 N–H and O–H groups in total. The van der Waals surface area contributed by atoms with Gasteiger partial charge in [0, 0.05) is 31.3 Å². The number of piperidine rings is 1. The number of hydrogen-bond donors (Lipinski definition) is 2. The molecule has 3 aromatic carbocycles. The van der Waals surface area contributed by atoms with E-state index >= 15 is 0 Å². The molecular formula is C29H30N2O5. The van der Waals surface area contributed by atoms with Crippen LogP contribution in [0.1, 0.15) is 59.3 Å². The van der Waals surface area contributed by atoms with Crippen molar-refractivity contribution in [2.24, 2.45) is 0 Å². The fourth-order valence-corrected chi connectivity index (χ4v) is 4.63. The third-order valence-corrected chi connectivity index (χ3v) is 6.28. The fourth-order valence-electron chi connectivity index (χ4n) is 4.63. The van der Waals surface area contributed by atoms with Crippen LogP contribution in [0.4, 0.5) is 5.69 Å². The second kappa shape index (κ2) is 11.5. The van der Waals surface area contributed by atoms with Crippen LogP contribution in [0.15, 0.2) is 72.8 Å². The Morgan fingerprint density at radius 2 is 1.64 bits per heavy atom. The van der Waals surface area contributed by atoms with Gasteiger partial charge in [-0.25, -0.2) is 4.79 Å². The van der Waals surface area contributed by atoms with E-state index in [1.54, 1.807) is 6.07 Å². The summed E-state index contributed by atoms with van der Waals surface area (Å²) < 4.78 is 5.07. The SMILES string of the molecule is CC(=O)Oc1cc(CC(=O)NC(c2ccccc2)c2ccccc2N2CCCCC2)ccc1C(=O)O. The lowest BCUT2D eigenvalue weighted by atomic mass is 9.95. The van der Waals surface area contributed by atoms with Crippen LogP contribution in [0.25, 0.3) is 0 Å². The molecule has 1 heterocycles. The van der Waals surface area contributed by atoms with Gasteiger partial charge in [-0.15, -0.1) is 0 Å². The molecule has 3 aromatic rings. The number of esters is 1. The Kier molecular flexibility index (Phi) is 8.00. The molecule has 4 rings (SSSR count). The molecule has 0 aromatic heterocycles. The predicted molar refractivity (Wildman–Crippen MR) is 137 cm³/mol. The van der Waals surface area contributed by atoms with E-state index in [4.69, 9.17) is 4.74 Å². The van der Waals surface area contributed by atoms with Crippen LogP contribution in [0.2, 0.25) is 0 Å². The molecule has 0 radical (unpaired) electrons. The minimum atomic E-state index is -1.21. The van der Waals surface area contributed by atoms with E-state index in [2.05, 4.69) is 22.3 Å². The highest BCUT2D eigenvalue weighted by Crippen LogP contribution is 2.32. The molecule has 7 heteroatoms. The van der Waals surface area contributed by atoms with Gasteiger partial charge in [-0.1, -0.05) is 54.6 Å². The van der Waals surface area contributed by atoms with Crippen molar-refractivity contribution in [3.8, 4) is 5.75 Å². The standard InChI is InChI=1S/C29H30N2O5/c1-20(32)36-26-18-21(14-15-24(26)29(34)35)19-27(33)30-28(22-10-4-2-5-11-22)23-12-6-7-13-25(23)31-16-8-3-9-17-31/h2,4-7,10-15,18,28H,3,8-9,16-17,19H2,1H3,(H,30,33)(H,34,35). The zero-order chi connectivity index (χ0) is 25.5. The summed E-state index contributed by atoms with van der Waals surface area (Å²) in [5.41, 5.74) is 3.53. The number of anilines is 1. The van der Waals surface area contributed by atoms with Crippen LogP contribution in [0.3, 0.4) is 0 Å². The number of carboxylic acids is 1. The average molecular weight is 487 g/mol. The number of nitrogens with one attached hydrogen (secondary N) is 1. The first-order chi connectivity index (χ1) is 17.4. The molecule has 1 atom stereocenters. The van der Waals surface area contributed by atoms with Gasteiger partial charge >= 0.3 is 11.9 Å². The highest BCUT2D eigenvalue weighted by Gasteiger charge is 2.23. The van der Waals surface area contributed by atoms with Crippen molar-refractivity contribution < 1.29 is 24.2 Å². The summed E-state index contributed by atoms with van der Waals surface area (Å²) in [6.45, 7) is 3.18. The lowest BCUT2D eigenvalue weighted by Crippen LogP contribution is -2.34. The molecule has 1 unspecified atom stereocenters. The number of carbonyl (C=O) groups excluding carboxylic acids is 2. The van der Waals surface area contributed by atoms with Crippen molar-refractivity contribution in [3.63, 3.8) is 0 Å². The first-order valence-corrected chi connectivity index (χ1v) is 12.1. The van der Waals surface area contributed by atoms with Crippen molar-refractivity contribution in [1.29, 1.82) is 0 Å². The number of rotatable bonds is 8. The Balaban J connectivity index is 1.62. The first kappa shape index (κ1) is 25.0. The number of para-hydroxylation sites is 1. The topological polar surface area (TPSA) is 95.9 Å². The average Bonchev–Trinajstić information content (AvgIpc) is 2.88. The van der Waals surface area contributed by atoms with E-state index in [9.17, 15) is 19.5 Å². The normalized spacial score (nSPS) is 14.1. The molecule has 0 bridgehead atoms. The minimum Gasteiger partial charge on any atom is -0.478 e. The maximum Gasteiger partial charge on any atom is 0.339 e. The Hall–Kier alpha value is -4.13. The van der Waals surface area contributed by atoms with E-state index in [1.165, 1.54) is 25.5 Å². The monoisotopic (exact) mass is 486 g/mol. The second-order valence-corrected chi connectivity index (χ2v) is 8.92. The number of nitrogens with zero attached hydrogens (tertiary/aromatic N) is 1. The number of ether oxygens (including phenoxy) is 1. The lowest BCUT2D eigenvalue weighted by molar-refractivity contribution is -0.131. The Morgan fingerprint density at radius 3 is 2.33 bits per heavy atom. The van der Waals surface area contributed by atoms with Gasteiger partial charge in [-0.05, 0) is 48.6 Å². The molecule has 186 valence electrons. The second-order valence-electron chi connectivity index (χ2n) is 8.92. The Labute approximate surface area is 210 Å². The number of carbonyl (C=O) groups is 3. The smallest absolute Gasteiger partial charge is 0.339 e. The summed E-state index contributed by atoms with van der Waals surface area (Å²) in [4.78, 5) is 38.6. The van der Waals surface area contributed by atoms with Crippen molar-refractivity contribution >= 4 is 23.5 Å². The van der Waals surface area contributed by atoms with Gasteiger partial charge in [0.1, 0.15) is 11.3 Å². The molecule has 0 aliphatic carbocycles. The highest BCUT2D eigenvalue weighted by molar-refractivity contribution is 5.92. The van der Waals surface area contributed by atoms with Gasteiger partial charge in [0.05, 0.1) is 12.5 Å². The molecule has 1 amide bonds. The van der Waals surface area contributed by atoms with Crippen LogP contribution in [0.5, 0.6) is 5.75 Å². The quantitative estimate of drug-likeness (QED) is 0.352. The molecule has 1 saturated heterocycles. The third kappa shape index (κ3) is 6.10. The van der Waals surface area contributed by atoms with Gasteiger partial charge in [-0.3, -0.25) is 9.59 Å². The van der Waals surface area contributed by atoms with E-state index in [0.29, 0.717) is 5.56 Å². The maximum atomic E-state index is 13.3. The van der Waals surface area contributed by atoms with Gasteiger partial charge < -0.3 is 20.1 Å². The summed E-state index contributed by atoms with van der Waals surface area (Å²) in [5.74, 6) is -2.14. The Morgan fingerprint density at radius 1 is 0.944 bits per heavy atom. The number of aromatic carboxylic acids is 1. The third-order valence-electron chi connectivity index (χ3n) is 6.28. The maximum absolute atomic E-state index is 13.3. The van der Waals surface area contributed by atoms with E-state index in [-0.39, 0.29) is 29.7 Å². The summed E-state index contributed by atoms with van der Waals surface area (Å²) in [7, 11) is 0. The zero-order valence-electron chi connectivity index (χ0n) is 20.3. The van der Waals surface area contributed by atoms with Crippen LogP contribution >= 0.6 is 0 Å². The number of carboxylic acid groups (broad SMARTS) is 1. The van der Waals surface area contributed by atoms with Crippen molar-refractivity contribution in [1.82, 2.24) is 5.32 Å². The fraction of sp³-hybridized carbons (Fsp3) is 0.276. The van der Waals surface area contributed by atoms with Gasteiger partial charge in [-0.2, -0.15) is 0 Å². The van der Waals surface area contributed by atoms with Gasteiger partial charge in [0.2, 0.25) is 5.91 Å². The lowest BCUT2D eigenvalue weighted by Gasteiger charge is -2.33. The van der Waals surface area contributed by atoms with Gasteiger partial charge in [0.25, 0.3) is 0 Å². The summed E-state index contributed by atoms with van der Waals surface area (Å²) >= 11 is 0. The number of amides is 1. The molecule has 0 spiro atoms. The molecule has 36 heavy (non-hydrogen) atoms. The highest BCUT2D eigenvalue weighted by atomic mass is 16.5. The zero-order valence-corrected chi connectivity index (χ0v) is 20.3. The molecule has 1 aliphatic rings. The van der Waals surface area contributed by atoms with Crippen LogP contribution in [-0.4, -0.2) is 36.0 Å². The van der Waals surface area contributed by atoms with Crippen molar-refractivity contribution in [2.75, 3.05) is 18.0 Å². The van der Waals surface area contributed by atoms with Crippen LogP contribution in [0, 0.1) is 0 Å². The van der Waals surface area contributed by atoms with Gasteiger partial charge in [0.15, 0.2) is 0 Å². The summed E-state index contributed by atoms with van der Waals surface area (Å²) in [6.07, 6.45) is 3.53. The van der Waals surface area contributed by atoms with E-state index < -0.39 is 11.9 Å². The first-order valence-electron chi connectivity index (χ1n) is 12.1. The molecule has 1 aliphatic heterocycles. The minimum absolute atomic E-state index is 0.00335. The summed E-state index contributed by atoms with van der Waals surface area (Å²) in [5, 5.41) is 12.6. The molecular weight excluding hydrogens is 456 g/mol. The van der Waals surface area contributed by atoms with Crippen molar-refractivity contribution in [3.05, 3.63) is 95.1 Å². The van der Waals surface area contributed by atoms with Crippen LogP contribution < -0.4 is 15.0 Å². The number of benzene rings is 3. The van der Waals surface area contributed by atoms with Crippen LogP contribution in [-0.2, 0) is 16.0 Å². The van der Waals surface area contributed by atoms with E-state index in [0.717, 1.165) is 42.7 Å². The summed E-state index contributed by atoms with van der Waals surface area (Å²) in [6, 6.07) is 22.0. The molecule has 7 nitrogen and oxygen atoms in total. The van der Waals surface area contributed by atoms with Crippen molar-refractivity contribution in [2.45, 2.75) is 38.6 Å². The Bertz CT molecular complexity index is 1240. The molecule has 0 saturated carbocycles. The number of hydrogen-bond acceptors (Lipinski definition) is 5. The predicted octanol–water partition coefficient (Wildman–Crippen LogP) is 4.75.